The minimum atomic E-state index is -0.133. The number of aryl methyl sites for hydroxylation is 1. The molecular weight excluding hydrogens is 422 g/mol. The number of benzene rings is 3. The van der Waals surface area contributed by atoms with Crippen LogP contribution in [-0.4, -0.2) is 17.3 Å². The molecule has 3 aromatic carbocycles. The summed E-state index contributed by atoms with van der Waals surface area (Å²) in [6, 6.07) is 20.6. The minimum Gasteiger partial charge on any atom is -0.332 e. The topological polar surface area (TPSA) is 53.2 Å². The number of thiocarbonyl (C=S) groups is 1. The van der Waals surface area contributed by atoms with Crippen LogP contribution in [0.4, 0.5) is 17.1 Å². The summed E-state index contributed by atoms with van der Waals surface area (Å²) in [5.74, 6) is -0.133. The van der Waals surface area contributed by atoms with Gasteiger partial charge in [0.1, 0.15) is 0 Å². The lowest BCUT2D eigenvalue weighted by Gasteiger charge is -2.12. The Morgan fingerprint density at radius 3 is 2.10 bits per heavy atom. The van der Waals surface area contributed by atoms with E-state index >= 15 is 0 Å². The molecule has 0 aliphatic carbocycles. The highest BCUT2D eigenvalue weighted by molar-refractivity contribution is 7.98. The predicted molar refractivity (Wildman–Crippen MR) is 129 cm³/mol. The van der Waals surface area contributed by atoms with Gasteiger partial charge in [-0.2, -0.15) is 0 Å². The van der Waals surface area contributed by atoms with E-state index in [0.29, 0.717) is 21.4 Å². The van der Waals surface area contributed by atoms with Crippen LogP contribution in [0.5, 0.6) is 0 Å². The molecule has 0 aliphatic heterocycles. The van der Waals surface area contributed by atoms with Crippen molar-refractivity contribution in [1.29, 1.82) is 0 Å². The molecule has 0 radical (unpaired) electrons. The van der Waals surface area contributed by atoms with Crippen molar-refractivity contribution in [3.05, 3.63) is 82.9 Å². The molecule has 3 N–H and O–H groups in total. The van der Waals surface area contributed by atoms with Crippen LogP contribution in [0, 0.1) is 6.92 Å². The van der Waals surface area contributed by atoms with Crippen LogP contribution in [0.1, 0.15) is 15.9 Å². The number of carbonyl (C=O) groups excluding carboxylic acids is 1. The number of anilines is 3. The lowest BCUT2D eigenvalue weighted by atomic mass is 10.1. The van der Waals surface area contributed by atoms with E-state index < -0.39 is 0 Å². The first-order chi connectivity index (χ1) is 14.0. The van der Waals surface area contributed by atoms with Crippen LogP contribution in [0.3, 0.4) is 0 Å². The fourth-order valence-electron chi connectivity index (χ4n) is 2.70. The number of hydrogen-bond acceptors (Lipinski definition) is 3. The van der Waals surface area contributed by atoms with E-state index in [-0.39, 0.29) is 5.91 Å². The van der Waals surface area contributed by atoms with Crippen molar-refractivity contribution in [2.45, 2.75) is 11.8 Å². The molecule has 148 valence electrons. The second-order valence-corrected chi connectivity index (χ2v) is 7.94. The highest BCUT2D eigenvalue weighted by Gasteiger charge is 2.08. The van der Waals surface area contributed by atoms with Crippen LogP contribution in [0.25, 0.3) is 0 Å². The van der Waals surface area contributed by atoms with E-state index in [9.17, 15) is 4.79 Å². The third kappa shape index (κ3) is 5.73. The average molecular weight is 442 g/mol. The largest absolute Gasteiger partial charge is 0.332 e. The Balaban J connectivity index is 1.59. The zero-order valence-corrected chi connectivity index (χ0v) is 18.3. The zero-order valence-electron chi connectivity index (χ0n) is 16.0. The van der Waals surface area contributed by atoms with E-state index in [1.165, 1.54) is 0 Å². The molecule has 7 heteroatoms. The second kappa shape index (κ2) is 9.78. The molecule has 4 nitrogen and oxygen atoms in total. The lowest BCUT2D eigenvalue weighted by Crippen LogP contribution is -2.19. The number of halogens is 1. The van der Waals surface area contributed by atoms with Gasteiger partial charge in [0.25, 0.3) is 5.91 Å². The number of thioether (sulfide) groups is 1. The van der Waals surface area contributed by atoms with Crippen LogP contribution in [-0.2, 0) is 0 Å². The van der Waals surface area contributed by atoms with Gasteiger partial charge in [0, 0.05) is 27.5 Å². The molecule has 0 aromatic heterocycles. The Bertz CT molecular complexity index is 1040. The van der Waals surface area contributed by atoms with Crippen LogP contribution in [0.15, 0.2) is 71.6 Å². The third-order valence-corrected chi connectivity index (χ3v) is 5.62. The van der Waals surface area contributed by atoms with Gasteiger partial charge < -0.3 is 16.0 Å². The normalized spacial score (nSPS) is 10.3. The van der Waals surface area contributed by atoms with Gasteiger partial charge in [-0.15, -0.1) is 11.8 Å². The van der Waals surface area contributed by atoms with Gasteiger partial charge >= 0.3 is 0 Å². The molecule has 3 rings (SSSR count). The average Bonchev–Trinajstić information content (AvgIpc) is 2.70. The summed E-state index contributed by atoms with van der Waals surface area (Å²) in [4.78, 5) is 13.4. The first-order valence-corrected chi connectivity index (χ1v) is 10.9. The van der Waals surface area contributed by atoms with Crippen LogP contribution >= 0.6 is 35.6 Å². The molecule has 0 saturated carbocycles. The van der Waals surface area contributed by atoms with E-state index in [0.717, 1.165) is 21.8 Å². The molecule has 0 atom stereocenters. The van der Waals surface area contributed by atoms with Gasteiger partial charge in [-0.1, -0.05) is 29.8 Å². The van der Waals surface area contributed by atoms with E-state index in [2.05, 4.69) is 16.0 Å². The van der Waals surface area contributed by atoms with Crippen molar-refractivity contribution in [3.63, 3.8) is 0 Å². The van der Waals surface area contributed by atoms with E-state index in [1.54, 1.807) is 11.8 Å². The number of nitrogens with one attached hydrogen (secondary N) is 3. The van der Waals surface area contributed by atoms with Crippen molar-refractivity contribution in [1.82, 2.24) is 0 Å². The van der Waals surface area contributed by atoms with Crippen molar-refractivity contribution < 1.29 is 4.79 Å². The van der Waals surface area contributed by atoms with Crippen LogP contribution < -0.4 is 16.0 Å². The second-order valence-electron chi connectivity index (χ2n) is 6.27. The number of hydrogen-bond donors (Lipinski definition) is 3. The van der Waals surface area contributed by atoms with E-state index in [1.807, 2.05) is 79.9 Å². The summed E-state index contributed by atoms with van der Waals surface area (Å²) in [6.45, 7) is 1.91. The van der Waals surface area contributed by atoms with Crippen molar-refractivity contribution in [2.24, 2.45) is 0 Å². The van der Waals surface area contributed by atoms with Gasteiger partial charge in [0.05, 0.1) is 5.02 Å². The summed E-state index contributed by atoms with van der Waals surface area (Å²) in [7, 11) is 0. The Morgan fingerprint density at radius 2 is 1.48 bits per heavy atom. The van der Waals surface area contributed by atoms with Gasteiger partial charge in [-0.05, 0) is 79.5 Å². The smallest absolute Gasteiger partial charge is 0.255 e. The first-order valence-electron chi connectivity index (χ1n) is 8.85. The first kappa shape index (κ1) is 21.2. The van der Waals surface area contributed by atoms with Gasteiger partial charge in [-0.25, -0.2) is 0 Å². The minimum absolute atomic E-state index is 0.133. The third-order valence-electron chi connectivity index (χ3n) is 4.20. The van der Waals surface area contributed by atoms with Crippen molar-refractivity contribution in [3.8, 4) is 0 Å². The Morgan fingerprint density at radius 1 is 0.897 bits per heavy atom. The summed E-state index contributed by atoms with van der Waals surface area (Å²) in [6.07, 6.45) is 1.98. The molecule has 0 spiro atoms. The molecule has 0 saturated heterocycles. The number of rotatable bonds is 5. The summed E-state index contributed by atoms with van der Waals surface area (Å²) in [5, 5.41) is 10.3. The van der Waals surface area contributed by atoms with Crippen molar-refractivity contribution in [2.75, 3.05) is 22.2 Å². The Hall–Kier alpha value is -2.54. The number of carbonyl (C=O) groups is 1. The quantitative estimate of drug-likeness (QED) is 0.314. The molecular formula is C22H20ClN3OS2. The Labute approximate surface area is 185 Å². The molecule has 0 heterocycles. The van der Waals surface area contributed by atoms with Gasteiger partial charge in [-0.3, -0.25) is 4.79 Å². The van der Waals surface area contributed by atoms with Crippen LogP contribution in [0.2, 0.25) is 5.02 Å². The maximum Gasteiger partial charge on any atom is 0.255 e. The molecule has 3 aromatic rings. The predicted octanol–water partition coefficient (Wildman–Crippen LogP) is 6.43. The monoisotopic (exact) mass is 441 g/mol. The van der Waals surface area contributed by atoms with Crippen molar-refractivity contribution >= 4 is 63.7 Å². The Kier molecular flexibility index (Phi) is 7.14. The summed E-state index contributed by atoms with van der Waals surface area (Å²) >= 11 is 13.2. The highest BCUT2D eigenvalue weighted by atomic mass is 35.5. The molecule has 1 amide bonds. The molecule has 0 unspecified atom stereocenters. The van der Waals surface area contributed by atoms with E-state index in [4.69, 9.17) is 23.8 Å². The molecule has 0 bridgehead atoms. The SMILES string of the molecule is CSc1ccc(NC(=S)Nc2ccc(NC(=O)c3ccccc3C)cc2)cc1Cl. The lowest BCUT2D eigenvalue weighted by molar-refractivity contribution is 0.102. The maximum atomic E-state index is 12.4. The summed E-state index contributed by atoms with van der Waals surface area (Å²) < 4.78 is 0. The molecule has 0 aliphatic rings. The zero-order chi connectivity index (χ0) is 20.8. The standard InChI is InChI=1S/C22H20ClN3OS2/c1-14-5-3-4-6-18(14)21(27)24-15-7-9-16(10-8-15)25-22(28)26-17-11-12-20(29-2)19(23)13-17/h3-13H,1-2H3,(H,24,27)(H2,25,26,28). The fraction of sp³-hybridized carbons (Fsp3) is 0.0909. The summed E-state index contributed by atoms with van der Waals surface area (Å²) in [5.41, 5.74) is 3.93. The molecule has 0 fully saturated rings. The van der Waals surface area contributed by atoms with Gasteiger partial charge in [0.2, 0.25) is 0 Å². The fourth-order valence-corrected chi connectivity index (χ4v) is 3.81. The molecule has 29 heavy (non-hydrogen) atoms. The highest BCUT2D eigenvalue weighted by Crippen LogP contribution is 2.28. The van der Waals surface area contributed by atoms with Gasteiger partial charge in [0.15, 0.2) is 5.11 Å². The number of amides is 1. The maximum absolute atomic E-state index is 12.4.